The molecule has 1 saturated heterocycles. The van der Waals surface area contributed by atoms with Crippen LogP contribution in [0.3, 0.4) is 0 Å². The number of halogens is 1. The quantitative estimate of drug-likeness (QED) is 0.894. The van der Waals surface area contributed by atoms with Gasteiger partial charge in [-0.2, -0.15) is 0 Å². The maximum atomic E-state index is 11.0. The molecule has 1 aromatic heterocycles. The number of amides is 1. The molecule has 7 heteroatoms. The van der Waals surface area contributed by atoms with Gasteiger partial charge in [0.05, 0.1) is 0 Å². The van der Waals surface area contributed by atoms with Crippen molar-refractivity contribution in [3.8, 4) is 0 Å². The van der Waals surface area contributed by atoms with Crippen LogP contribution in [0.2, 0.25) is 5.15 Å². The second-order valence-corrected chi connectivity index (χ2v) is 7.15. The van der Waals surface area contributed by atoms with E-state index in [-0.39, 0.29) is 0 Å². The van der Waals surface area contributed by atoms with Crippen molar-refractivity contribution in [1.29, 1.82) is 0 Å². The number of nitrogens with zero attached hydrogens (tertiary/aromatic N) is 3. The van der Waals surface area contributed by atoms with Crippen molar-refractivity contribution >= 4 is 23.5 Å². The van der Waals surface area contributed by atoms with Crippen molar-refractivity contribution in [2.75, 3.05) is 18.4 Å². The van der Waals surface area contributed by atoms with Crippen LogP contribution < -0.4 is 5.32 Å². The lowest BCUT2D eigenvalue weighted by atomic mass is 10.0. The van der Waals surface area contributed by atoms with Crippen molar-refractivity contribution < 1.29 is 9.90 Å². The molecule has 3 atom stereocenters. The Morgan fingerprint density at radius 3 is 2.55 bits per heavy atom. The molecule has 4 rings (SSSR count). The van der Waals surface area contributed by atoms with Gasteiger partial charge in [0, 0.05) is 24.7 Å². The molecule has 0 radical (unpaired) electrons. The van der Waals surface area contributed by atoms with E-state index in [1.807, 2.05) is 6.07 Å². The molecule has 2 saturated carbocycles. The van der Waals surface area contributed by atoms with Gasteiger partial charge >= 0.3 is 6.09 Å². The summed E-state index contributed by atoms with van der Waals surface area (Å²) in [6.07, 6.45) is 3.60. The Morgan fingerprint density at radius 2 is 1.95 bits per heavy atom. The fourth-order valence-corrected chi connectivity index (χ4v) is 4.12. The standard InChI is InChI=1S/C15H19ClN4O2/c16-13-5-12(8-1-2-8)14(19-18-13)17-11-3-9-6-20(15(21)22)7-10(9)4-11/h5,8-11H,1-4,6-7H2,(H,17,19)(H,21,22)/t9-,10+,11?. The van der Waals surface area contributed by atoms with Crippen molar-refractivity contribution in [3.63, 3.8) is 0 Å². The van der Waals surface area contributed by atoms with Crippen LogP contribution in [0, 0.1) is 11.8 Å². The number of nitrogens with one attached hydrogen (secondary N) is 1. The zero-order chi connectivity index (χ0) is 15.3. The number of anilines is 1. The van der Waals surface area contributed by atoms with Crippen molar-refractivity contribution in [1.82, 2.24) is 15.1 Å². The van der Waals surface area contributed by atoms with E-state index in [4.69, 9.17) is 16.7 Å². The Kier molecular flexibility index (Phi) is 3.36. The Labute approximate surface area is 133 Å². The third kappa shape index (κ3) is 2.60. The van der Waals surface area contributed by atoms with Gasteiger partial charge in [-0.3, -0.25) is 0 Å². The zero-order valence-electron chi connectivity index (χ0n) is 12.2. The maximum absolute atomic E-state index is 11.0. The molecule has 6 nitrogen and oxygen atoms in total. The van der Waals surface area contributed by atoms with Gasteiger partial charge in [0.25, 0.3) is 0 Å². The predicted molar refractivity (Wildman–Crippen MR) is 82.2 cm³/mol. The molecule has 3 aliphatic rings. The van der Waals surface area contributed by atoms with Crippen molar-refractivity contribution in [3.05, 3.63) is 16.8 Å². The Bertz CT molecular complexity index is 593. The molecule has 118 valence electrons. The number of carbonyl (C=O) groups is 1. The lowest BCUT2D eigenvalue weighted by Gasteiger charge is -2.19. The molecule has 1 unspecified atom stereocenters. The third-order valence-corrected chi connectivity index (χ3v) is 5.36. The van der Waals surface area contributed by atoms with E-state index in [0.29, 0.717) is 42.0 Å². The highest BCUT2D eigenvalue weighted by molar-refractivity contribution is 6.29. The molecular formula is C15H19ClN4O2. The number of rotatable bonds is 3. The van der Waals surface area contributed by atoms with Crippen LogP contribution in [0.4, 0.5) is 10.6 Å². The van der Waals surface area contributed by atoms with E-state index < -0.39 is 6.09 Å². The molecule has 0 spiro atoms. The highest BCUT2D eigenvalue weighted by Gasteiger charge is 2.42. The second kappa shape index (κ2) is 5.26. The molecule has 3 fully saturated rings. The number of fused-ring (bicyclic) bond motifs is 1. The van der Waals surface area contributed by atoms with Gasteiger partial charge in [0.2, 0.25) is 0 Å². The summed E-state index contributed by atoms with van der Waals surface area (Å²) in [7, 11) is 0. The average molecular weight is 323 g/mol. The summed E-state index contributed by atoms with van der Waals surface area (Å²) in [6, 6.07) is 2.29. The van der Waals surface area contributed by atoms with Crippen molar-refractivity contribution in [2.45, 2.75) is 37.6 Å². The SMILES string of the molecule is O=C(O)N1C[C@H]2CC(Nc3nnc(Cl)cc3C3CC3)C[C@H]2C1. The second-order valence-electron chi connectivity index (χ2n) is 6.77. The summed E-state index contributed by atoms with van der Waals surface area (Å²) in [5, 5.41) is 21.3. The number of hydrogen-bond donors (Lipinski definition) is 2. The molecule has 2 aliphatic carbocycles. The lowest BCUT2D eigenvalue weighted by Crippen LogP contribution is -2.29. The summed E-state index contributed by atoms with van der Waals surface area (Å²) >= 11 is 5.97. The van der Waals surface area contributed by atoms with Crippen LogP contribution in [0.5, 0.6) is 0 Å². The molecule has 1 amide bonds. The minimum atomic E-state index is -0.793. The molecule has 2 heterocycles. The summed E-state index contributed by atoms with van der Waals surface area (Å²) in [6.45, 7) is 1.33. The monoisotopic (exact) mass is 322 g/mol. The van der Waals surface area contributed by atoms with Crippen molar-refractivity contribution in [2.24, 2.45) is 11.8 Å². The molecule has 0 aromatic carbocycles. The highest BCUT2D eigenvalue weighted by atomic mass is 35.5. The van der Waals surface area contributed by atoms with Crippen LogP contribution in [0.25, 0.3) is 0 Å². The molecule has 2 N–H and O–H groups in total. The number of aromatic nitrogens is 2. The fourth-order valence-electron chi connectivity index (χ4n) is 3.97. The minimum Gasteiger partial charge on any atom is -0.465 e. The molecule has 1 aliphatic heterocycles. The number of likely N-dealkylation sites (tertiary alicyclic amines) is 1. The average Bonchev–Trinajstić information content (AvgIpc) is 3.13. The first kappa shape index (κ1) is 14.1. The number of hydrogen-bond acceptors (Lipinski definition) is 4. The van der Waals surface area contributed by atoms with Gasteiger partial charge in [-0.1, -0.05) is 11.6 Å². The van der Waals surface area contributed by atoms with Gasteiger partial charge in [-0.15, -0.1) is 10.2 Å². The maximum Gasteiger partial charge on any atom is 0.407 e. The van der Waals surface area contributed by atoms with Crippen LogP contribution in [0.1, 0.15) is 37.2 Å². The smallest absolute Gasteiger partial charge is 0.407 e. The molecule has 22 heavy (non-hydrogen) atoms. The summed E-state index contributed by atoms with van der Waals surface area (Å²) in [4.78, 5) is 12.6. The van der Waals surface area contributed by atoms with E-state index in [1.54, 1.807) is 4.90 Å². The van der Waals surface area contributed by atoms with Crippen LogP contribution in [-0.4, -0.2) is 45.4 Å². The van der Waals surface area contributed by atoms with E-state index in [0.717, 1.165) is 18.7 Å². The minimum absolute atomic E-state index is 0.360. The normalized spacial score (nSPS) is 30.4. The largest absolute Gasteiger partial charge is 0.465 e. The van der Waals surface area contributed by atoms with E-state index in [9.17, 15) is 4.79 Å². The fraction of sp³-hybridized carbons (Fsp3) is 0.667. The Morgan fingerprint density at radius 1 is 1.27 bits per heavy atom. The van der Waals surface area contributed by atoms with E-state index >= 15 is 0 Å². The van der Waals surface area contributed by atoms with Crippen LogP contribution in [0.15, 0.2) is 6.07 Å². The first-order valence-electron chi connectivity index (χ1n) is 7.87. The molecular weight excluding hydrogens is 304 g/mol. The Balaban J connectivity index is 1.43. The Hall–Kier alpha value is -1.56. The van der Waals surface area contributed by atoms with Gasteiger partial charge in [0.1, 0.15) is 0 Å². The van der Waals surface area contributed by atoms with Crippen LogP contribution >= 0.6 is 11.6 Å². The van der Waals surface area contributed by atoms with Gasteiger partial charge < -0.3 is 15.3 Å². The van der Waals surface area contributed by atoms with Crippen LogP contribution in [-0.2, 0) is 0 Å². The van der Waals surface area contributed by atoms with E-state index in [2.05, 4.69) is 15.5 Å². The highest BCUT2D eigenvalue weighted by Crippen LogP contribution is 2.44. The summed E-state index contributed by atoms with van der Waals surface area (Å²) in [5.74, 6) is 2.38. The van der Waals surface area contributed by atoms with Gasteiger partial charge in [0.15, 0.2) is 11.0 Å². The third-order valence-electron chi connectivity index (χ3n) is 5.17. The van der Waals surface area contributed by atoms with E-state index in [1.165, 1.54) is 18.4 Å². The first-order valence-corrected chi connectivity index (χ1v) is 8.25. The lowest BCUT2D eigenvalue weighted by molar-refractivity contribution is 0.152. The molecule has 1 aromatic rings. The number of carboxylic acid groups (broad SMARTS) is 1. The van der Waals surface area contributed by atoms with Gasteiger partial charge in [-0.05, 0) is 49.5 Å². The summed E-state index contributed by atoms with van der Waals surface area (Å²) in [5.41, 5.74) is 1.18. The first-order chi connectivity index (χ1) is 10.6. The van der Waals surface area contributed by atoms with Gasteiger partial charge in [-0.25, -0.2) is 4.79 Å². The summed E-state index contributed by atoms with van der Waals surface area (Å²) < 4.78 is 0. The predicted octanol–water partition coefficient (Wildman–Crippen LogP) is 2.81. The zero-order valence-corrected chi connectivity index (χ0v) is 13.0. The topological polar surface area (TPSA) is 78.4 Å². The molecule has 0 bridgehead atoms.